The zero-order valence-electron chi connectivity index (χ0n) is 7.99. The van der Waals surface area contributed by atoms with E-state index in [0.29, 0.717) is 12.5 Å². The highest BCUT2D eigenvalue weighted by Gasteiger charge is 2.34. The van der Waals surface area contributed by atoms with E-state index < -0.39 is 0 Å². The Hall–Kier alpha value is -0.120. The maximum atomic E-state index is 9.53. The smallest absolute Gasteiger partial charge is 0.107 e. The van der Waals surface area contributed by atoms with Crippen molar-refractivity contribution in [1.29, 1.82) is 0 Å². The van der Waals surface area contributed by atoms with Crippen molar-refractivity contribution in [3.63, 3.8) is 0 Å². The Morgan fingerprint density at radius 1 is 1.58 bits per heavy atom. The third kappa shape index (κ3) is 2.19. The van der Waals surface area contributed by atoms with E-state index in [4.69, 9.17) is 9.47 Å². The SMILES string of the molecule is COC[C@H]1O[C@@H](C(C)C)C[C@@H]1O. The molecule has 1 fully saturated rings. The number of ether oxygens (including phenoxy) is 2. The van der Waals surface area contributed by atoms with Gasteiger partial charge in [0.15, 0.2) is 0 Å². The van der Waals surface area contributed by atoms with Gasteiger partial charge in [0.05, 0.1) is 18.8 Å². The zero-order valence-corrected chi connectivity index (χ0v) is 7.99. The minimum absolute atomic E-state index is 0.123. The quantitative estimate of drug-likeness (QED) is 0.688. The van der Waals surface area contributed by atoms with Crippen molar-refractivity contribution in [2.45, 2.75) is 38.6 Å². The van der Waals surface area contributed by atoms with Crippen LogP contribution in [0.2, 0.25) is 0 Å². The van der Waals surface area contributed by atoms with Crippen LogP contribution in [0, 0.1) is 5.92 Å². The molecule has 0 aliphatic carbocycles. The minimum Gasteiger partial charge on any atom is -0.390 e. The molecule has 0 radical (unpaired) electrons. The van der Waals surface area contributed by atoms with Crippen LogP contribution >= 0.6 is 0 Å². The molecule has 0 unspecified atom stereocenters. The highest BCUT2D eigenvalue weighted by atomic mass is 16.6. The molecule has 0 aromatic rings. The molecule has 0 aromatic carbocycles. The van der Waals surface area contributed by atoms with Crippen LogP contribution in [-0.4, -0.2) is 37.1 Å². The van der Waals surface area contributed by atoms with E-state index in [-0.39, 0.29) is 18.3 Å². The van der Waals surface area contributed by atoms with Gasteiger partial charge in [-0.3, -0.25) is 0 Å². The highest BCUT2D eigenvalue weighted by Crippen LogP contribution is 2.25. The molecular weight excluding hydrogens is 156 g/mol. The first-order valence-corrected chi connectivity index (χ1v) is 4.47. The Labute approximate surface area is 73.7 Å². The molecule has 0 saturated carbocycles. The molecule has 3 atom stereocenters. The van der Waals surface area contributed by atoms with Crippen LogP contribution in [0.4, 0.5) is 0 Å². The lowest BCUT2D eigenvalue weighted by atomic mass is 10.0. The van der Waals surface area contributed by atoms with Crippen molar-refractivity contribution >= 4 is 0 Å². The van der Waals surface area contributed by atoms with Crippen molar-refractivity contribution in [1.82, 2.24) is 0 Å². The fourth-order valence-corrected chi connectivity index (χ4v) is 1.50. The molecule has 1 rings (SSSR count). The fraction of sp³-hybridized carbons (Fsp3) is 1.00. The van der Waals surface area contributed by atoms with Crippen LogP contribution < -0.4 is 0 Å². The second-order valence-electron chi connectivity index (χ2n) is 3.72. The van der Waals surface area contributed by atoms with Gasteiger partial charge in [-0.15, -0.1) is 0 Å². The second-order valence-corrected chi connectivity index (χ2v) is 3.72. The molecule has 72 valence electrons. The summed E-state index contributed by atoms with van der Waals surface area (Å²) in [5, 5.41) is 9.53. The third-order valence-corrected chi connectivity index (χ3v) is 2.33. The number of aliphatic hydroxyl groups is 1. The van der Waals surface area contributed by atoms with Gasteiger partial charge in [0.25, 0.3) is 0 Å². The first-order valence-electron chi connectivity index (χ1n) is 4.47. The molecule has 1 saturated heterocycles. The summed E-state index contributed by atoms with van der Waals surface area (Å²) in [6, 6.07) is 0. The maximum Gasteiger partial charge on any atom is 0.107 e. The topological polar surface area (TPSA) is 38.7 Å². The minimum atomic E-state index is -0.350. The number of hydrogen-bond donors (Lipinski definition) is 1. The van der Waals surface area contributed by atoms with Crippen molar-refractivity contribution in [3.05, 3.63) is 0 Å². The number of methoxy groups -OCH3 is 1. The van der Waals surface area contributed by atoms with Gasteiger partial charge in [0, 0.05) is 13.5 Å². The largest absolute Gasteiger partial charge is 0.390 e. The van der Waals surface area contributed by atoms with Gasteiger partial charge in [0.1, 0.15) is 6.10 Å². The van der Waals surface area contributed by atoms with Gasteiger partial charge in [0.2, 0.25) is 0 Å². The molecule has 0 amide bonds. The van der Waals surface area contributed by atoms with E-state index in [1.165, 1.54) is 0 Å². The molecule has 1 heterocycles. The average Bonchev–Trinajstić information content (AvgIpc) is 2.34. The maximum absolute atomic E-state index is 9.53. The molecular formula is C9H18O3. The van der Waals surface area contributed by atoms with Gasteiger partial charge < -0.3 is 14.6 Å². The Morgan fingerprint density at radius 3 is 2.67 bits per heavy atom. The molecule has 1 aliphatic rings. The lowest BCUT2D eigenvalue weighted by Crippen LogP contribution is -2.26. The van der Waals surface area contributed by atoms with Crippen molar-refractivity contribution < 1.29 is 14.6 Å². The van der Waals surface area contributed by atoms with Gasteiger partial charge in [-0.25, -0.2) is 0 Å². The Kier molecular flexibility index (Phi) is 3.50. The number of hydrogen-bond acceptors (Lipinski definition) is 3. The summed E-state index contributed by atoms with van der Waals surface area (Å²) >= 11 is 0. The summed E-state index contributed by atoms with van der Waals surface area (Å²) in [5.41, 5.74) is 0. The summed E-state index contributed by atoms with van der Waals surface area (Å²) in [6.07, 6.45) is 0.464. The molecule has 3 heteroatoms. The van der Waals surface area contributed by atoms with Crippen LogP contribution in [0.15, 0.2) is 0 Å². The summed E-state index contributed by atoms with van der Waals surface area (Å²) in [4.78, 5) is 0. The van der Waals surface area contributed by atoms with E-state index in [2.05, 4.69) is 13.8 Å². The third-order valence-electron chi connectivity index (χ3n) is 2.33. The van der Waals surface area contributed by atoms with Crippen LogP contribution in [0.1, 0.15) is 20.3 Å². The molecule has 0 aromatic heterocycles. The summed E-state index contributed by atoms with van der Waals surface area (Å²) in [6.45, 7) is 4.70. The average molecular weight is 174 g/mol. The lowest BCUT2D eigenvalue weighted by molar-refractivity contribution is -0.0434. The number of rotatable bonds is 3. The first kappa shape index (κ1) is 9.96. The standard InChI is InChI=1S/C9H18O3/c1-6(2)8-4-7(10)9(12-8)5-11-3/h6-10H,4-5H2,1-3H3/t7-,8+,9+/m0/s1. The van der Waals surface area contributed by atoms with E-state index in [0.717, 1.165) is 6.42 Å². The molecule has 3 nitrogen and oxygen atoms in total. The molecule has 0 spiro atoms. The zero-order chi connectivity index (χ0) is 9.14. The van der Waals surface area contributed by atoms with Gasteiger partial charge in [-0.1, -0.05) is 13.8 Å². The Balaban J connectivity index is 2.39. The Bertz CT molecular complexity index is 136. The highest BCUT2D eigenvalue weighted by molar-refractivity contribution is 4.83. The van der Waals surface area contributed by atoms with Crippen LogP contribution in [-0.2, 0) is 9.47 Å². The molecule has 12 heavy (non-hydrogen) atoms. The van der Waals surface area contributed by atoms with Crippen LogP contribution in [0.25, 0.3) is 0 Å². The van der Waals surface area contributed by atoms with Crippen molar-refractivity contribution in [3.8, 4) is 0 Å². The summed E-state index contributed by atoms with van der Waals surface area (Å²) in [7, 11) is 1.62. The van der Waals surface area contributed by atoms with Gasteiger partial charge in [-0.2, -0.15) is 0 Å². The van der Waals surface area contributed by atoms with E-state index in [9.17, 15) is 5.11 Å². The van der Waals surface area contributed by atoms with Crippen molar-refractivity contribution in [2.24, 2.45) is 5.92 Å². The van der Waals surface area contributed by atoms with E-state index in [1.807, 2.05) is 0 Å². The normalized spacial score (nSPS) is 36.2. The summed E-state index contributed by atoms with van der Waals surface area (Å²) in [5.74, 6) is 0.474. The van der Waals surface area contributed by atoms with E-state index >= 15 is 0 Å². The Morgan fingerprint density at radius 2 is 2.25 bits per heavy atom. The molecule has 0 bridgehead atoms. The van der Waals surface area contributed by atoms with Crippen LogP contribution in [0.3, 0.4) is 0 Å². The molecule has 1 N–H and O–H groups in total. The predicted octanol–water partition coefficient (Wildman–Crippen LogP) is 0.807. The molecule has 1 aliphatic heterocycles. The fourth-order valence-electron chi connectivity index (χ4n) is 1.50. The number of aliphatic hydroxyl groups excluding tert-OH is 1. The van der Waals surface area contributed by atoms with E-state index in [1.54, 1.807) is 7.11 Å². The van der Waals surface area contributed by atoms with Crippen LogP contribution in [0.5, 0.6) is 0 Å². The first-order chi connectivity index (χ1) is 5.65. The second kappa shape index (κ2) is 4.21. The van der Waals surface area contributed by atoms with Crippen molar-refractivity contribution in [2.75, 3.05) is 13.7 Å². The van der Waals surface area contributed by atoms with Gasteiger partial charge >= 0.3 is 0 Å². The monoisotopic (exact) mass is 174 g/mol. The lowest BCUT2D eigenvalue weighted by Gasteiger charge is -2.15. The van der Waals surface area contributed by atoms with Gasteiger partial charge in [-0.05, 0) is 5.92 Å². The summed E-state index contributed by atoms with van der Waals surface area (Å²) < 4.78 is 10.5. The predicted molar refractivity (Wildman–Crippen MR) is 46.0 cm³/mol.